The summed E-state index contributed by atoms with van der Waals surface area (Å²) in [4.78, 5) is 0. The molecular weight excluding hydrogens is 451 g/mol. The van der Waals surface area contributed by atoms with Crippen LogP contribution >= 0.6 is 38.5 Å². The van der Waals surface area contributed by atoms with Crippen molar-refractivity contribution in [2.45, 2.75) is 19.9 Å². The number of hydrogen-bond donors (Lipinski definition) is 1. The predicted octanol–water partition coefficient (Wildman–Crippen LogP) is 5.34. The van der Waals surface area contributed by atoms with Crippen molar-refractivity contribution in [2.24, 2.45) is 0 Å². The van der Waals surface area contributed by atoms with Gasteiger partial charge in [-0.1, -0.05) is 22.9 Å². The number of hydrogen-bond acceptors (Lipinski definition) is 1. The van der Waals surface area contributed by atoms with E-state index in [1.165, 1.54) is 0 Å². The van der Waals surface area contributed by atoms with Crippen LogP contribution in [0.3, 0.4) is 0 Å². The molecule has 2 rings (SSSR count). The molecular formula is C16H15BrF2IN. The van der Waals surface area contributed by atoms with Crippen LogP contribution in [0.4, 0.5) is 8.78 Å². The Hall–Kier alpha value is -0.530. The van der Waals surface area contributed by atoms with Gasteiger partial charge in [0.2, 0.25) is 0 Å². The van der Waals surface area contributed by atoms with E-state index < -0.39 is 11.6 Å². The molecule has 0 amide bonds. The molecule has 112 valence electrons. The number of nitrogens with one attached hydrogen (secondary N) is 1. The van der Waals surface area contributed by atoms with Gasteiger partial charge in [-0.05, 0) is 71.5 Å². The Morgan fingerprint density at radius 3 is 2.52 bits per heavy atom. The summed E-state index contributed by atoms with van der Waals surface area (Å²) in [5.74, 6) is -1.05. The van der Waals surface area contributed by atoms with Crippen molar-refractivity contribution in [2.75, 3.05) is 6.54 Å². The van der Waals surface area contributed by atoms with Gasteiger partial charge in [0.05, 0.1) is 6.04 Å². The third-order valence-electron chi connectivity index (χ3n) is 3.27. The lowest BCUT2D eigenvalue weighted by molar-refractivity contribution is 0.537. The zero-order valence-electron chi connectivity index (χ0n) is 11.7. The topological polar surface area (TPSA) is 12.0 Å². The van der Waals surface area contributed by atoms with Gasteiger partial charge in [-0.15, -0.1) is 0 Å². The molecule has 0 spiro atoms. The van der Waals surface area contributed by atoms with Crippen molar-refractivity contribution in [3.63, 3.8) is 0 Å². The summed E-state index contributed by atoms with van der Waals surface area (Å²) >= 11 is 5.68. The lowest BCUT2D eigenvalue weighted by atomic mass is 9.96. The van der Waals surface area contributed by atoms with Gasteiger partial charge in [-0.2, -0.15) is 0 Å². The molecule has 0 bridgehead atoms. The van der Waals surface area contributed by atoms with E-state index in [0.29, 0.717) is 17.7 Å². The van der Waals surface area contributed by atoms with Crippen LogP contribution in [-0.2, 0) is 0 Å². The lowest BCUT2D eigenvalue weighted by Gasteiger charge is -2.22. The van der Waals surface area contributed by atoms with Crippen LogP contribution in [0.1, 0.15) is 29.7 Å². The van der Waals surface area contributed by atoms with E-state index in [0.717, 1.165) is 19.7 Å². The predicted molar refractivity (Wildman–Crippen MR) is 93.5 cm³/mol. The maximum atomic E-state index is 14.2. The molecule has 0 aliphatic heterocycles. The highest BCUT2D eigenvalue weighted by Gasteiger charge is 2.21. The first kappa shape index (κ1) is 16.8. The number of halogens is 4. The maximum Gasteiger partial charge on any atom is 0.131 e. The average molecular weight is 466 g/mol. The first-order chi connectivity index (χ1) is 9.93. The first-order valence-corrected chi connectivity index (χ1v) is 8.45. The SMILES string of the molecule is CCNC(c1cc(C)c(F)cc1F)c1cc(Br)ccc1I. The standard InChI is InChI=1S/C16H15BrF2IN/c1-3-21-16(12-7-10(17)4-5-15(12)20)11-6-9(2)13(18)8-14(11)19/h4-8,16,21H,3H2,1-2H3. The number of aryl methyl sites for hydroxylation is 1. The Bertz CT molecular complexity index is 661. The van der Waals surface area contributed by atoms with E-state index in [1.54, 1.807) is 13.0 Å². The molecule has 1 nitrogen and oxygen atoms in total. The lowest BCUT2D eigenvalue weighted by Crippen LogP contribution is -2.24. The van der Waals surface area contributed by atoms with Crippen LogP contribution in [0, 0.1) is 22.1 Å². The van der Waals surface area contributed by atoms with E-state index in [-0.39, 0.29) is 6.04 Å². The number of rotatable bonds is 4. The number of benzene rings is 2. The Balaban J connectivity index is 2.58. The zero-order valence-corrected chi connectivity index (χ0v) is 15.4. The van der Waals surface area contributed by atoms with E-state index in [2.05, 4.69) is 43.8 Å². The second kappa shape index (κ2) is 7.15. The van der Waals surface area contributed by atoms with E-state index in [1.807, 2.05) is 25.1 Å². The summed E-state index contributed by atoms with van der Waals surface area (Å²) in [5.41, 5.74) is 1.88. The largest absolute Gasteiger partial charge is 0.306 e. The summed E-state index contributed by atoms with van der Waals surface area (Å²) in [6.45, 7) is 4.29. The molecule has 0 aliphatic carbocycles. The monoisotopic (exact) mass is 465 g/mol. The van der Waals surface area contributed by atoms with Gasteiger partial charge in [-0.3, -0.25) is 0 Å². The van der Waals surface area contributed by atoms with Gasteiger partial charge in [0.25, 0.3) is 0 Å². The van der Waals surface area contributed by atoms with Crippen molar-refractivity contribution in [1.29, 1.82) is 0 Å². The fourth-order valence-electron chi connectivity index (χ4n) is 2.23. The molecule has 0 saturated heterocycles. The molecule has 1 N–H and O–H groups in total. The van der Waals surface area contributed by atoms with E-state index in [9.17, 15) is 8.78 Å². The molecule has 1 atom stereocenters. The Kier molecular flexibility index (Phi) is 5.73. The summed E-state index contributed by atoms with van der Waals surface area (Å²) in [5, 5.41) is 3.28. The zero-order chi connectivity index (χ0) is 15.6. The molecule has 0 saturated carbocycles. The minimum absolute atomic E-state index is 0.307. The molecule has 0 aliphatic rings. The van der Waals surface area contributed by atoms with Crippen molar-refractivity contribution >= 4 is 38.5 Å². The van der Waals surface area contributed by atoms with Gasteiger partial charge in [0.15, 0.2) is 0 Å². The van der Waals surface area contributed by atoms with Crippen LogP contribution < -0.4 is 5.32 Å². The Labute approximate surface area is 145 Å². The van der Waals surface area contributed by atoms with Crippen molar-refractivity contribution in [1.82, 2.24) is 5.32 Å². The molecule has 1 unspecified atom stereocenters. The second-order valence-electron chi connectivity index (χ2n) is 4.78. The van der Waals surface area contributed by atoms with Gasteiger partial charge in [0.1, 0.15) is 11.6 Å². The van der Waals surface area contributed by atoms with E-state index >= 15 is 0 Å². The quantitative estimate of drug-likeness (QED) is 0.601. The fourth-order valence-corrected chi connectivity index (χ4v) is 3.25. The Morgan fingerprint density at radius 2 is 1.86 bits per heavy atom. The Morgan fingerprint density at radius 1 is 1.14 bits per heavy atom. The maximum absolute atomic E-state index is 14.2. The molecule has 2 aromatic carbocycles. The summed E-state index contributed by atoms with van der Waals surface area (Å²) in [6.07, 6.45) is 0. The molecule has 0 fully saturated rings. The van der Waals surface area contributed by atoms with Gasteiger partial charge >= 0.3 is 0 Å². The first-order valence-electron chi connectivity index (χ1n) is 6.58. The highest BCUT2D eigenvalue weighted by molar-refractivity contribution is 14.1. The smallest absolute Gasteiger partial charge is 0.131 e. The minimum Gasteiger partial charge on any atom is -0.306 e. The highest BCUT2D eigenvalue weighted by atomic mass is 127. The molecule has 0 aromatic heterocycles. The molecule has 0 radical (unpaired) electrons. The van der Waals surface area contributed by atoms with Crippen LogP contribution in [-0.4, -0.2) is 6.54 Å². The second-order valence-corrected chi connectivity index (χ2v) is 6.86. The van der Waals surface area contributed by atoms with Gasteiger partial charge in [-0.25, -0.2) is 8.78 Å². The van der Waals surface area contributed by atoms with Crippen LogP contribution in [0.5, 0.6) is 0 Å². The molecule has 21 heavy (non-hydrogen) atoms. The van der Waals surface area contributed by atoms with Crippen molar-refractivity contribution in [3.05, 3.63) is 66.7 Å². The van der Waals surface area contributed by atoms with Crippen LogP contribution in [0.15, 0.2) is 34.8 Å². The third-order valence-corrected chi connectivity index (χ3v) is 4.74. The third kappa shape index (κ3) is 3.81. The van der Waals surface area contributed by atoms with Gasteiger partial charge < -0.3 is 5.32 Å². The van der Waals surface area contributed by atoms with Crippen molar-refractivity contribution < 1.29 is 8.78 Å². The van der Waals surface area contributed by atoms with Crippen LogP contribution in [0.25, 0.3) is 0 Å². The normalized spacial score (nSPS) is 12.5. The fraction of sp³-hybridized carbons (Fsp3) is 0.250. The van der Waals surface area contributed by atoms with Gasteiger partial charge in [0, 0.05) is 19.7 Å². The molecule has 5 heteroatoms. The molecule has 2 aromatic rings. The summed E-state index contributed by atoms with van der Waals surface area (Å²) < 4.78 is 29.7. The summed E-state index contributed by atoms with van der Waals surface area (Å²) in [7, 11) is 0. The highest BCUT2D eigenvalue weighted by Crippen LogP contribution is 2.31. The van der Waals surface area contributed by atoms with Crippen LogP contribution in [0.2, 0.25) is 0 Å². The van der Waals surface area contributed by atoms with Crippen molar-refractivity contribution in [3.8, 4) is 0 Å². The minimum atomic E-state index is -0.528. The summed E-state index contributed by atoms with van der Waals surface area (Å²) in [6, 6.07) is 8.11. The van der Waals surface area contributed by atoms with E-state index in [4.69, 9.17) is 0 Å². The molecule has 0 heterocycles. The average Bonchev–Trinajstić information content (AvgIpc) is 2.43.